The Morgan fingerprint density at radius 2 is 1.76 bits per heavy atom. The van der Waals surface area contributed by atoms with E-state index in [1.807, 2.05) is 0 Å². The molecular formula is C18H17NO6. The van der Waals surface area contributed by atoms with Gasteiger partial charge in [0.05, 0.1) is 24.4 Å². The van der Waals surface area contributed by atoms with E-state index >= 15 is 0 Å². The molecule has 7 nitrogen and oxygen atoms in total. The van der Waals surface area contributed by atoms with E-state index in [0.717, 1.165) is 0 Å². The number of non-ortho nitro benzene ring substituents is 1. The van der Waals surface area contributed by atoms with Crippen LogP contribution < -0.4 is 0 Å². The molecule has 25 heavy (non-hydrogen) atoms. The SMILES string of the molecule is COC(=O)C[C@@H](c1cccc([N+](=O)[O-])c1)[C@H](C(=O)O)c1ccccc1. The molecule has 0 amide bonds. The first-order chi connectivity index (χ1) is 11.9. The Balaban J connectivity index is 2.54. The van der Waals surface area contributed by atoms with Gasteiger partial charge in [-0.2, -0.15) is 0 Å². The molecule has 0 saturated heterocycles. The van der Waals surface area contributed by atoms with Crippen LogP contribution in [0, 0.1) is 10.1 Å². The maximum absolute atomic E-state index is 11.9. The van der Waals surface area contributed by atoms with Gasteiger partial charge in [0.15, 0.2) is 0 Å². The quantitative estimate of drug-likeness (QED) is 0.470. The van der Waals surface area contributed by atoms with Crippen molar-refractivity contribution >= 4 is 17.6 Å². The van der Waals surface area contributed by atoms with Gasteiger partial charge in [0.1, 0.15) is 0 Å². The van der Waals surface area contributed by atoms with Crippen molar-refractivity contribution in [3.05, 3.63) is 75.8 Å². The Morgan fingerprint density at radius 3 is 2.32 bits per heavy atom. The van der Waals surface area contributed by atoms with Crippen LogP contribution in [0.15, 0.2) is 54.6 Å². The third-order valence-electron chi connectivity index (χ3n) is 3.95. The molecule has 0 aromatic heterocycles. The molecule has 2 rings (SSSR count). The second kappa shape index (κ2) is 8.05. The fourth-order valence-corrected chi connectivity index (χ4v) is 2.77. The summed E-state index contributed by atoms with van der Waals surface area (Å²) in [6, 6.07) is 14.1. The van der Waals surface area contributed by atoms with Crippen LogP contribution in [0.4, 0.5) is 5.69 Å². The minimum atomic E-state index is -1.12. The largest absolute Gasteiger partial charge is 0.481 e. The van der Waals surface area contributed by atoms with Crippen LogP contribution in [-0.2, 0) is 14.3 Å². The number of nitrogens with zero attached hydrogens (tertiary/aromatic N) is 1. The third-order valence-corrected chi connectivity index (χ3v) is 3.95. The van der Waals surface area contributed by atoms with Gasteiger partial charge in [0.2, 0.25) is 0 Å². The van der Waals surface area contributed by atoms with E-state index < -0.39 is 28.7 Å². The minimum Gasteiger partial charge on any atom is -0.481 e. The Morgan fingerprint density at radius 1 is 1.12 bits per heavy atom. The van der Waals surface area contributed by atoms with Crippen molar-refractivity contribution in [3.63, 3.8) is 0 Å². The predicted molar refractivity (Wildman–Crippen MR) is 89.3 cm³/mol. The second-order valence-electron chi connectivity index (χ2n) is 5.47. The zero-order valence-corrected chi connectivity index (χ0v) is 13.5. The summed E-state index contributed by atoms with van der Waals surface area (Å²) in [7, 11) is 1.21. The summed E-state index contributed by atoms with van der Waals surface area (Å²) >= 11 is 0. The summed E-state index contributed by atoms with van der Waals surface area (Å²) in [6.07, 6.45) is -0.205. The van der Waals surface area contributed by atoms with Crippen LogP contribution >= 0.6 is 0 Å². The zero-order chi connectivity index (χ0) is 18.4. The fraction of sp³-hybridized carbons (Fsp3) is 0.222. The van der Waals surface area contributed by atoms with E-state index in [9.17, 15) is 24.8 Å². The number of ether oxygens (including phenoxy) is 1. The molecule has 0 spiro atoms. The molecule has 0 bridgehead atoms. The molecule has 1 N–H and O–H groups in total. The molecule has 2 aromatic rings. The number of hydrogen-bond acceptors (Lipinski definition) is 5. The highest BCUT2D eigenvalue weighted by molar-refractivity contribution is 5.80. The number of carboxylic acids is 1. The lowest BCUT2D eigenvalue weighted by molar-refractivity contribution is -0.384. The van der Waals surface area contributed by atoms with Gasteiger partial charge in [0.25, 0.3) is 5.69 Å². The van der Waals surface area contributed by atoms with Gasteiger partial charge in [-0.1, -0.05) is 42.5 Å². The van der Waals surface area contributed by atoms with Crippen molar-refractivity contribution in [1.29, 1.82) is 0 Å². The maximum Gasteiger partial charge on any atom is 0.311 e. The molecule has 7 heteroatoms. The average Bonchev–Trinajstić information content (AvgIpc) is 2.61. The number of carbonyl (C=O) groups is 2. The predicted octanol–water partition coefficient (Wildman–Crippen LogP) is 3.11. The smallest absolute Gasteiger partial charge is 0.311 e. The summed E-state index contributed by atoms with van der Waals surface area (Å²) in [6.45, 7) is 0. The van der Waals surface area contributed by atoms with Gasteiger partial charge < -0.3 is 9.84 Å². The molecule has 0 radical (unpaired) electrons. The number of rotatable bonds is 7. The molecule has 0 fully saturated rings. The molecule has 2 atom stereocenters. The molecule has 0 aliphatic carbocycles. The van der Waals surface area contributed by atoms with Gasteiger partial charge >= 0.3 is 11.9 Å². The Labute approximate surface area is 144 Å². The summed E-state index contributed by atoms with van der Waals surface area (Å²) in [5, 5.41) is 20.8. The molecule has 0 aliphatic heterocycles. The fourth-order valence-electron chi connectivity index (χ4n) is 2.77. The van der Waals surface area contributed by atoms with Gasteiger partial charge in [-0.25, -0.2) is 0 Å². The van der Waals surface area contributed by atoms with E-state index in [2.05, 4.69) is 4.74 Å². The van der Waals surface area contributed by atoms with E-state index in [1.165, 1.54) is 25.3 Å². The highest BCUT2D eigenvalue weighted by Crippen LogP contribution is 2.37. The van der Waals surface area contributed by atoms with E-state index in [1.54, 1.807) is 36.4 Å². The number of nitro benzene ring substituents is 1. The summed E-state index contributed by atoms with van der Waals surface area (Å²) in [5.74, 6) is -3.54. The standard InChI is InChI=1S/C18H17NO6/c1-25-16(20)11-15(13-8-5-9-14(10-13)19(23)24)17(18(21)22)12-6-3-2-4-7-12/h2-10,15,17H,11H2,1H3,(H,21,22)/t15-,17+/m0/s1. The first kappa shape index (κ1) is 18.1. The first-order valence-corrected chi connectivity index (χ1v) is 7.53. The number of hydrogen-bond donors (Lipinski definition) is 1. The lowest BCUT2D eigenvalue weighted by atomic mass is 9.79. The Kier molecular flexibility index (Phi) is 5.84. The normalized spacial score (nSPS) is 12.8. The van der Waals surface area contributed by atoms with Gasteiger partial charge in [-0.05, 0) is 11.1 Å². The number of carbonyl (C=O) groups excluding carboxylic acids is 1. The van der Waals surface area contributed by atoms with Crippen LogP contribution in [0.1, 0.15) is 29.4 Å². The summed E-state index contributed by atoms with van der Waals surface area (Å²) in [4.78, 5) is 34.2. The van der Waals surface area contributed by atoms with Crippen molar-refractivity contribution in [2.45, 2.75) is 18.3 Å². The van der Waals surface area contributed by atoms with E-state index in [-0.39, 0.29) is 12.1 Å². The second-order valence-corrected chi connectivity index (χ2v) is 5.47. The van der Waals surface area contributed by atoms with Crippen LogP contribution in [0.3, 0.4) is 0 Å². The number of benzene rings is 2. The number of methoxy groups -OCH3 is 1. The molecule has 130 valence electrons. The minimum absolute atomic E-state index is 0.162. The first-order valence-electron chi connectivity index (χ1n) is 7.53. The topological polar surface area (TPSA) is 107 Å². The van der Waals surface area contributed by atoms with E-state index in [4.69, 9.17) is 0 Å². The highest BCUT2D eigenvalue weighted by atomic mass is 16.6. The van der Waals surface area contributed by atoms with Crippen molar-refractivity contribution < 1.29 is 24.4 Å². The van der Waals surface area contributed by atoms with Crippen LogP contribution in [-0.4, -0.2) is 29.1 Å². The highest BCUT2D eigenvalue weighted by Gasteiger charge is 2.33. The molecular weight excluding hydrogens is 326 g/mol. The maximum atomic E-state index is 11.9. The molecule has 2 aromatic carbocycles. The average molecular weight is 343 g/mol. The van der Waals surface area contributed by atoms with Crippen LogP contribution in [0.5, 0.6) is 0 Å². The Bertz CT molecular complexity index is 774. The number of nitro groups is 1. The van der Waals surface area contributed by atoms with Crippen molar-refractivity contribution in [3.8, 4) is 0 Å². The van der Waals surface area contributed by atoms with Crippen LogP contribution in [0.25, 0.3) is 0 Å². The number of aliphatic carboxylic acids is 1. The Hall–Kier alpha value is -3.22. The zero-order valence-electron chi connectivity index (χ0n) is 13.5. The van der Waals surface area contributed by atoms with Crippen molar-refractivity contribution in [2.75, 3.05) is 7.11 Å². The molecule has 0 heterocycles. The monoisotopic (exact) mass is 343 g/mol. The lowest BCUT2D eigenvalue weighted by Gasteiger charge is -2.24. The molecule has 0 saturated carbocycles. The lowest BCUT2D eigenvalue weighted by Crippen LogP contribution is -2.23. The van der Waals surface area contributed by atoms with Crippen molar-refractivity contribution in [1.82, 2.24) is 0 Å². The van der Waals surface area contributed by atoms with Crippen LogP contribution in [0.2, 0.25) is 0 Å². The number of esters is 1. The summed E-state index contributed by atoms with van der Waals surface area (Å²) in [5.41, 5.74) is 0.746. The van der Waals surface area contributed by atoms with Gasteiger partial charge in [0, 0.05) is 18.1 Å². The van der Waals surface area contributed by atoms with E-state index in [0.29, 0.717) is 11.1 Å². The van der Waals surface area contributed by atoms with Gasteiger partial charge in [-0.15, -0.1) is 0 Å². The number of carboxylic acid groups (broad SMARTS) is 1. The molecule has 0 unspecified atom stereocenters. The third kappa shape index (κ3) is 4.41. The summed E-state index contributed by atoms with van der Waals surface area (Å²) < 4.78 is 4.68. The van der Waals surface area contributed by atoms with Gasteiger partial charge in [-0.3, -0.25) is 19.7 Å². The molecule has 0 aliphatic rings. The van der Waals surface area contributed by atoms with Crippen molar-refractivity contribution in [2.24, 2.45) is 0 Å².